The molecule has 1 aromatic heterocycles. The Hall–Kier alpha value is -3.68. The minimum Gasteiger partial charge on any atom is -0.497 e. The summed E-state index contributed by atoms with van der Waals surface area (Å²) in [7, 11) is 1.64. The van der Waals surface area contributed by atoms with Gasteiger partial charge in [-0.1, -0.05) is 30.3 Å². The number of nitrogens with zero attached hydrogens (tertiary/aromatic N) is 5. The van der Waals surface area contributed by atoms with Gasteiger partial charge in [0, 0.05) is 18.8 Å². The van der Waals surface area contributed by atoms with E-state index in [1.807, 2.05) is 54.6 Å². The highest BCUT2D eigenvalue weighted by molar-refractivity contribution is 5.80. The second kappa shape index (κ2) is 9.01. The average molecular weight is 389 g/mol. The van der Waals surface area contributed by atoms with Crippen molar-refractivity contribution in [3.63, 3.8) is 0 Å². The van der Waals surface area contributed by atoms with Crippen molar-refractivity contribution in [2.75, 3.05) is 35.8 Å². The van der Waals surface area contributed by atoms with Crippen LogP contribution >= 0.6 is 0 Å². The van der Waals surface area contributed by atoms with E-state index in [2.05, 4.69) is 35.7 Å². The van der Waals surface area contributed by atoms with Crippen LogP contribution in [-0.4, -0.2) is 41.4 Å². The Balaban J connectivity index is 1.55. The van der Waals surface area contributed by atoms with Crippen LogP contribution in [0.15, 0.2) is 59.7 Å². The molecule has 2 aromatic carbocycles. The number of methoxy groups -OCH3 is 1. The minimum atomic E-state index is 0.388. The summed E-state index contributed by atoms with van der Waals surface area (Å²) < 4.78 is 5.24. The Morgan fingerprint density at radius 2 is 1.76 bits per heavy atom. The molecule has 2 heterocycles. The summed E-state index contributed by atoms with van der Waals surface area (Å²) >= 11 is 0. The predicted molar refractivity (Wildman–Crippen MR) is 115 cm³/mol. The number of anilines is 4. The monoisotopic (exact) mass is 389 g/mol. The van der Waals surface area contributed by atoms with Crippen molar-refractivity contribution in [3.8, 4) is 5.75 Å². The number of nitrogens with one attached hydrogen (secondary N) is 2. The van der Waals surface area contributed by atoms with Crippen molar-refractivity contribution in [1.82, 2.24) is 15.0 Å². The number of hydrogen-bond acceptors (Lipinski definition) is 8. The molecule has 0 radical (unpaired) electrons. The molecule has 3 aromatic rings. The van der Waals surface area contributed by atoms with Gasteiger partial charge in [-0.05, 0) is 42.7 Å². The molecule has 0 amide bonds. The van der Waals surface area contributed by atoms with Gasteiger partial charge >= 0.3 is 0 Å². The lowest BCUT2D eigenvalue weighted by molar-refractivity contribution is 0.415. The third kappa shape index (κ3) is 4.98. The van der Waals surface area contributed by atoms with Crippen molar-refractivity contribution < 1.29 is 4.74 Å². The van der Waals surface area contributed by atoms with Gasteiger partial charge in [0.1, 0.15) is 5.75 Å². The van der Waals surface area contributed by atoms with Crippen LogP contribution in [0, 0.1) is 0 Å². The lowest BCUT2D eigenvalue weighted by atomic mass is 10.2. The van der Waals surface area contributed by atoms with E-state index in [9.17, 15) is 0 Å². The molecule has 1 aliphatic heterocycles. The molecule has 0 aliphatic carbocycles. The summed E-state index contributed by atoms with van der Waals surface area (Å²) in [6, 6.07) is 17.5. The molecule has 0 bridgehead atoms. The molecule has 1 fully saturated rings. The zero-order chi connectivity index (χ0) is 19.9. The van der Waals surface area contributed by atoms with Crippen molar-refractivity contribution in [1.29, 1.82) is 0 Å². The first kappa shape index (κ1) is 18.7. The number of hydrogen-bond donors (Lipinski definition) is 2. The van der Waals surface area contributed by atoms with Crippen LogP contribution < -0.4 is 20.4 Å². The quantitative estimate of drug-likeness (QED) is 0.471. The number of aromatic nitrogens is 3. The Morgan fingerprint density at radius 3 is 2.55 bits per heavy atom. The van der Waals surface area contributed by atoms with E-state index in [4.69, 9.17) is 4.74 Å². The number of para-hydroxylation sites is 1. The zero-order valence-corrected chi connectivity index (χ0v) is 16.2. The first-order valence-corrected chi connectivity index (χ1v) is 9.56. The van der Waals surface area contributed by atoms with E-state index in [0.717, 1.165) is 42.9 Å². The number of rotatable bonds is 7. The van der Waals surface area contributed by atoms with E-state index in [0.29, 0.717) is 17.8 Å². The number of ether oxygens (including phenoxy) is 1. The predicted octanol–water partition coefficient (Wildman–Crippen LogP) is 3.67. The summed E-state index contributed by atoms with van der Waals surface area (Å²) in [6.07, 6.45) is 3.99. The molecular formula is C21H23N7O. The fourth-order valence-electron chi connectivity index (χ4n) is 3.07. The Morgan fingerprint density at radius 1 is 0.966 bits per heavy atom. The fraction of sp³-hybridized carbons (Fsp3) is 0.238. The topological polar surface area (TPSA) is 87.6 Å². The second-order valence-electron chi connectivity index (χ2n) is 6.61. The van der Waals surface area contributed by atoms with Gasteiger partial charge in [-0.2, -0.15) is 20.1 Å². The van der Waals surface area contributed by atoms with Gasteiger partial charge in [0.2, 0.25) is 17.8 Å². The van der Waals surface area contributed by atoms with Crippen LogP contribution in [0.2, 0.25) is 0 Å². The van der Waals surface area contributed by atoms with Crippen LogP contribution in [0.3, 0.4) is 0 Å². The normalized spacial score (nSPS) is 13.6. The van der Waals surface area contributed by atoms with E-state index >= 15 is 0 Å². The Labute approximate surface area is 169 Å². The van der Waals surface area contributed by atoms with E-state index in [1.165, 1.54) is 0 Å². The van der Waals surface area contributed by atoms with Crippen LogP contribution in [0.1, 0.15) is 18.4 Å². The third-order valence-electron chi connectivity index (χ3n) is 4.51. The summed E-state index contributed by atoms with van der Waals surface area (Å²) in [5.41, 5.74) is 4.74. The first-order chi connectivity index (χ1) is 14.3. The summed E-state index contributed by atoms with van der Waals surface area (Å²) in [6.45, 7) is 1.89. The SMILES string of the molecule is COc1cccc(/C=N\Nc2nc(Nc3ccccc3)nc(N3CCCC3)n2)c1. The fourth-order valence-corrected chi connectivity index (χ4v) is 3.07. The largest absolute Gasteiger partial charge is 0.497 e. The Bertz CT molecular complexity index is 972. The average Bonchev–Trinajstić information content (AvgIpc) is 3.30. The van der Waals surface area contributed by atoms with E-state index < -0.39 is 0 Å². The van der Waals surface area contributed by atoms with E-state index in [1.54, 1.807) is 13.3 Å². The maximum Gasteiger partial charge on any atom is 0.250 e. The number of benzene rings is 2. The number of hydrazone groups is 1. The van der Waals surface area contributed by atoms with Gasteiger partial charge in [0.15, 0.2) is 0 Å². The van der Waals surface area contributed by atoms with Crippen LogP contribution in [0.5, 0.6) is 5.75 Å². The summed E-state index contributed by atoms with van der Waals surface area (Å²) in [5, 5.41) is 7.51. The standard InChI is InChI=1S/C21H23N7O/c1-29-18-11-7-8-16(14-18)15-22-27-20-24-19(23-17-9-3-2-4-10-17)25-21(26-20)28-12-5-6-13-28/h2-4,7-11,14-15H,5-6,12-13H2,1H3,(H2,23,24,25,26,27)/b22-15-. The molecule has 0 atom stereocenters. The second-order valence-corrected chi connectivity index (χ2v) is 6.61. The molecule has 0 spiro atoms. The highest BCUT2D eigenvalue weighted by Gasteiger charge is 2.17. The molecule has 29 heavy (non-hydrogen) atoms. The smallest absolute Gasteiger partial charge is 0.250 e. The van der Waals surface area contributed by atoms with Crippen molar-refractivity contribution >= 4 is 29.7 Å². The summed E-state index contributed by atoms with van der Waals surface area (Å²) in [5.74, 6) is 2.29. The molecular weight excluding hydrogens is 366 g/mol. The van der Waals surface area contributed by atoms with Gasteiger partial charge in [-0.15, -0.1) is 0 Å². The molecule has 4 rings (SSSR count). The maximum atomic E-state index is 5.24. The van der Waals surface area contributed by atoms with Crippen molar-refractivity contribution in [2.45, 2.75) is 12.8 Å². The molecule has 8 nitrogen and oxygen atoms in total. The summed E-state index contributed by atoms with van der Waals surface area (Å²) in [4.78, 5) is 15.7. The van der Waals surface area contributed by atoms with Gasteiger partial charge in [0.25, 0.3) is 0 Å². The zero-order valence-electron chi connectivity index (χ0n) is 16.2. The molecule has 2 N–H and O–H groups in total. The van der Waals surface area contributed by atoms with Crippen molar-refractivity contribution in [2.24, 2.45) is 5.10 Å². The molecule has 148 valence electrons. The lowest BCUT2D eigenvalue weighted by Crippen LogP contribution is -2.21. The molecule has 8 heteroatoms. The van der Waals surface area contributed by atoms with E-state index in [-0.39, 0.29) is 0 Å². The molecule has 1 aliphatic rings. The van der Waals surface area contributed by atoms with Gasteiger partial charge < -0.3 is 15.0 Å². The van der Waals surface area contributed by atoms with Crippen molar-refractivity contribution in [3.05, 3.63) is 60.2 Å². The maximum absolute atomic E-state index is 5.24. The Kier molecular flexibility index (Phi) is 5.80. The van der Waals surface area contributed by atoms with Gasteiger partial charge in [-0.3, -0.25) is 0 Å². The first-order valence-electron chi connectivity index (χ1n) is 9.56. The van der Waals surface area contributed by atoms with Crippen LogP contribution in [0.4, 0.5) is 23.5 Å². The van der Waals surface area contributed by atoms with Crippen LogP contribution in [-0.2, 0) is 0 Å². The van der Waals surface area contributed by atoms with Gasteiger partial charge in [0.05, 0.1) is 13.3 Å². The van der Waals surface area contributed by atoms with Gasteiger partial charge in [-0.25, -0.2) is 5.43 Å². The molecule has 0 unspecified atom stereocenters. The lowest BCUT2D eigenvalue weighted by Gasteiger charge is -2.16. The molecule has 0 saturated carbocycles. The highest BCUT2D eigenvalue weighted by Crippen LogP contribution is 2.20. The third-order valence-corrected chi connectivity index (χ3v) is 4.51. The highest BCUT2D eigenvalue weighted by atomic mass is 16.5. The van der Waals surface area contributed by atoms with Crippen LogP contribution in [0.25, 0.3) is 0 Å². The molecule has 1 saturated heterocycles. The minimum absolute atomic E-state index is 0.388.